The highest BCUT2D eigenvalue weighted by atomic mass is 32.2. The first-order chi connectivity index (χ1) is 7.76. The Hall–Kier alpha value is -1.56. The number of nitrogens with one attached hydrogen (secondary N) is 1. The minimum atomic E-state index is 0.675. The molecule has 0 amide bonds. The van der Waals surface area contributed by atoms with Crippen LogP contribution in [0.15, 0.2) is 24.0 Å². The smallest absolute Gasteiger partial charge is 0.191 e. The second-order valence-electron chi connectivity index (χ2n) is 3.23. The molecule has 0 spiro atoms. The predicted octanol–water partition coefficient (Wildman–Crippen LogP) is 1.68. The van der Waals surface area contributed by atoms with E-state index in [1.807, 2.05) is 13.3 Å². The Labute approximate surface area is 98.0 Å². The number of aryl methyl sites for hydroxylation is 1. The molecule has 0 radical (unpaired) electrons. The van der Waals surface area contributed by atoms with Gasteiger partial charge in [-0.1, -0.05) is 17.8 Å². The van der Waals surface area contributed by atoms with Gasteiger partial charge in [0.05, 0.1) is 11.6 Å². The van der Waals surface area contributed by atoms with E-state index in [1.165, 1.54) is 11.8 Å². The fraction of sp³-hybridized carbons (Fsp3) is 0.300. The molecule has 5 nitrogen and oxygen atoms in total. The van der Waals surface area contributed by atoms with E-state index in [9.17, 15) is 0 Å². The first kappa shape index (κ1) is 10.9. The summed E-state index contributed by atoms with van der Waals surface area (Å²) < 4.78 is 1.75. The van der Waals surface area contributed by atoms with Crippen molar-refractivity contribution in [2.45, 2.75) is 5.16 Å². The van der Waals surface area contributed by atoms with E-state index in [4.69, 9.17) is 0 Å². The van der Waals surface area contributed by atoms with Crippen LogP contribution in [0.3, 0.4) is 0 Å². The summed E-state index contributed by atoms with van der Waals surface area (Å²) in [7, 11) is 1.87. The van der Waals surface area contributed by atoms with Gasteiger partial charge in [0.25, 0.3) is 0 Å². The molecule has 0 aliphatic carbocycles. The number of hydrogen-bond acceptors (Lipinski definition) is 5. The van der Waals surface area contributed by atoms with Gasteiger partial charge in [-0.15, -0.1) is 6.58 Å². The highest BCUT2D eigenvalue weighted by Gasteiger charge is 2.10. The van der Waals surface area contributed by atoms with Crippen LogP contribution in [0.5, 0.6) is 0 Å². The maximum atomic E-state index is 4.41. The van der Waals surface area contributed by atoms with Crippen LogP contribution in [0.25, 0.3) is 11.0 Å². The SMILES string of the molecule is C=CCNc1nc(SC)nc2c1cnn2C. The molecule has 2 aromatic heterocycles. The van der Waals surface area contributed by atoms with Crippen molar-refractivity contribution in [3.63, 3.8) is 0 Å². The molecule has 0 aliphatic rings. The lowest BCUT2D eigenvalue weighted by Crippen LogP contribution is -2.03. The summed E-state index contributed by atoms with van der Waals surface area (Å²) in [6.07, 6.45) is 5.52. The molecule has 84 valence electrons. The molecule has 6 heteroatoms. The zero-order valence-electron chi connectivity index (χ0n) is 9.27. The van der Waals surface area contributed by atoms with Crippen LogP contribution < -0.4 is 5.32 Å². The Kier molecular flexibility index (Phi) is 3.09. The van der Waals surface area contributed by atoms with E-state index in [0.29, 0.717) is 6.54 Å². The molecule has 0 fully saturated rings. The molecule has 0 atom stereocenters. The molecular weight excluding hydrogens is 222 g/mol. The van der Waals surface area contributed by atoms with Gasteiger partial charge in [0.15, 0.2) is 10.8 Å². The third-order valence-corrected chi connectivity index (χ3v) is 2.72. The second-order valence-corrected chi connectivity index (χ2v) is 4.01. The van der Waals surface area contributed by atoms with E-state index >= 15 is 0 Å². The molecule has 0 aliphatic heterocycles. The van der Waals surface area contributed by atoms with E-state index in [0.717, 1.165) is 22.0 Å². The number of rotatable bonds is 4. The molecule has 1 N–H and O–H groups in total. The van der Waals surface area contributed by atoms with Gasteiger partial charge in [0.2, 0.25) is 0 Å². The summed E-state index contributed by atoms with van der Waals surface area (Å²) in [5.41, 5.74) is 0.839. The Morgan fingerprint density at radius 3 is 3.06 bits per heavy atom. The van der Waals surface area contributed by atoms with Crippen molar-refractivity contribution in [3.05, 3.63) is 18.9 Å². The lowest BCUT2D eigenvalue weighted by Gasteiger charge is -2.05. The van der Waals surface area contributed by atoms with Crippen LogP contribution in [-0.4, -0.2) is 32.5 Å². The first-order valence-electron chi connectivity index (χ1n) is 4.84. The van der Waals surface area contributed by atoms with Gasteiger partial charge in [-0.3, -0.25) is 4.68 Å². The van der Waals surface area contributed by atoms with Gasteiger partial charge in [0.1, 0.15) is 5.82 Å². The number of anilines is 1. The van der Waals surface area contributed by atoms with E-state index in [2.05, 4.69) is 27.0 Å². The van der Waals surface area contributed by atoms with Crippen LogP contribution >= 0.6 is 11.8 Å². The number of nitrogens with zero attached hydrogens (tertiary/aromatic N) is 4. The van der Waals surface area contributed by atoms with Crippen molar-refractivity contribution in [2.75, 3.05) is 18.1 Å². The van der Waals surface area contributed by atoms with Crippen molar-refractivity contribution in [3.8, 4) is 0 Å². The third kappa shape index (κ3) is 1.88. The summed E-state index contributed by atoms with van der Waals surface area (Å²) in [4.78, 5) is 8.82. The Morgan fingerprint density at radius 2 is 2.38 bits per heavy atom. The quantitative estimate of drug-likeness (QED) is 0.496. The summed E-state index contributed by atoms with van der Waals surface area (Å²) in [6, 6.07) is 0. The maximum Gasteiger partial charge on any atom is 0.191 e. The van der Waals surface area contributed by atoms with Gasteiger partial charge in [-0.25, -0.2) is 9.97 Å². The average molecular weight is 235 g/mol. The summed E-state index contributed by atoms with van der Waals surface area (Å²) in [6.45, 7) is 4.35. The minimum Gasteiger partial charge on any atom is -0.366 e. The van der Waals surface area contributed by atoms with Crippen LogP contribution in [0.2, 0.25) is 0 Å². The van der Waals surface area contributed by atoms with Crippen LogP contribution in [0, 0.1) is 0 Å². The lowest BCUT2D eigenvalue weighted by atomic mass is 10.4. The molecular formula is C10H13N5S. The predicted molar refractivity (Wildman–Crippen MR) is 66.8 cm³/mol. The Bertz CT molecular complexity index is 519. The summed E-state index contributed by atoms with van der Waals surface area (Å²) in [5.74, 6) is 0.808. The van der Waals surface area contributed by atoms with E-state index in [1.54, 1.807) is 17.0 Å². The number of thioether (sulfide) groups is 1. The number of aromatic nitrogens is 4. The zero-order chi connectivity index (χ0) is 11.5. The molecule has 0 aromatic carbocycles. The second kappa shape index (κ2) is 4.52. The van der Waals surface area contributed by atoms with Gasteiger partial charge in [0, 0.05) is 13.6 Å². The van der Waals surface area contributed by atoms with Crippen molar-refractivity contribution in [1.82, 2.24) is 19.7 Å². The zero-order valence-corrected chi connectivity index (χ0v) is 10.1. The molecule has 2 rings (SSSR count). The van der Waals surface area contributed by atoms with Gasteiger partial charge in [-0.05, 0) is 6.26 Å². The van der Waals surface area contributed by atoms with Crippen LogP contribution in [-0.2, 0) is 7.05 Å². The summed E-state index contributed by atoms with van der Waals surface area (Å²) >= 11 is 1.51. The summed E-state index contributed by atoms with van der Waals surface area (Å²) in [5, 5.41) is 9.04. The monoisotopic (exact) mass is 235 g/mol. The fourth-order valence-electron chi connectivity index (χ4n) is 1.40. The molecule has 0 bridgehead atoms. The minimum absolute atomic E-state index is 0.675. The highest BCUT2D eigenvalue weighted by Crippen LogP contribution is 2.22. The largest absolute Gasteiger partial charge is 0.366 e. The van der Waals surface area contributed by atoms with E-state index in [-0.39, 0.29) is 0 Å². The lowest BCUT2D eigenvalue weighted by molar-refractivity contribution is 0.778. The van der Waals surface area contributed by atoms with Crippen molar-refractivity contribution in [1.29, 1.82) is 0 Å². The molecule has 16 heavy (non-hydrogen) atoms. The average Bonchev–Trinajstić information content (AvgIpc) is 2.68. The molecule has 2 heterocycles. The number of fused-ring (bicyclic) bond motifs is 1. The topological polar surface area (TPSA) is 55.6 Å². The molecule has 0 saturated carbocycles. The van der Waals surface area contributed by atoms with Gasteiger partial charge < -0.3 is 5.32 Å². The maximum absolute atomic E-state index is 4.41. The van der Waals surface area contributed by atoms with Crippen molar-refractivity contribution < 1.29 is 0 Å². The fourth-order valence-corrected chi connectivity index (χ4v) is 1.76. The Morgan fingerprint density at radius 1 is 1.56 bits per heavy atom. The van der Waals surface area contributed by atoms with Crippen LogP contribution in [0.4, 0.5) is 5.82 Å². The van der Waals surface area contributed by atoms with Crippen molar-refractivity contribution in [2.24, 2.45) is 7.05 Å². The van der Waals surface area contributed by atoms with Gasteiger partial charge in [-0.2, -0.15) is 5.10 Å². The Balaban J connectivity index is 2.55. The number of hydrogen-bond donors (Lipinski definition) is 1. The molecule has 2 aromatic rings. The highest BCUT2D eigenvalue weighted by molar-refractivity contribution is 7.98. The third-order valence-electron chi connectivity index (χ3n) is 2.17. The van der Waals surface area contributed by atoms with Gasteiger partial charge >= 0.3 is 0 Å². The standard InChI is InChI=1S/C10H13N5S/c1-4-5-11-8-7-6-12-15(2)9(7)14-10(13-8)16-3/h4,6H,1,5H2,2-3H3,(H,11,13,14). The van der Waals surface area contributed by atoms with Crippen molar-refractivity contribution >= 4 is 28.6 Å². The van der Waals surface area contributed by atoms with Crippen LogP contribution in [0.1, 0.15) is 0 Å². The normalized spacial score (nSPS) is 10.6. The first-order valence-corrected chi connectivity index (χ1v) is 6.07. The van der Waals surface area contributed by atoms with E-state index < -0.39 is 0 Å². The molecule has 0 saturated heterocycles. The molecule has 0 unspecified atom stereocenters.